The van der Waals surface area contributed by atoms with Crippen LogP contribution in [0, 0.1) is 0 Å². The summed E-state index contributed by atoms with van der Waals surface area (Å²) in [6.07, 6.45) is -10.5. The number of ether oxygens (including phenoxy) is 1. The summed E-state index contributed by atoms with van der Waals surface area (Å²) in [5.41, 5.74) is -3.33. The predicted molar refractivity (Wildman–Crippen MR) is 50.9 cm³/mol. The third kappa shape index (κ3) is 3.98. The maximum absolute atomic E-state index is 12.7. The first-order valence-corrected chi connectivity index (χ1v) is 5.00. The Morgan fingerprint density at radius 2 is 1.84 bits per heavy atom. The van der Waals surface area contributed by atoms with Crippen molar-refractivity contribution in [2.75, 3.05) is 0 Å². The molecule has 3 nitrogen and oxygen atoms in total. The van der Waals surface area contributed by atoms with E-state index < -0.39 is 41.1 Å². The molecule has 10 heteroatoms. The summed E-state index contributed by atoms with van der Waals surface area (Å²) in [7, 11) is 0. The molecule has 0 radical (unpaired) electrons. The second-order valence-corrected chi connectivity index (χ2v) is 3.43. The van der Waals surface area contributed by atoms with Gasteiger partial charge in [-0.15, -0.1) is 24.8 Å². The largest absolute Gasteiger partial charge is 0.573 e. The smallest absolute Gasteiger partial charge is 0.405 e. The van der Waals surface area contributed by atoms with E-state index in [-0.39, 0.29) is 12.4 Å². The molecule has 1 heterocycles. The molecule has 0 fully saturated rings. The number of alkyl halides is 7. The topological polar surface area (TPSA) is 39.2 Å². The van der Waals surface area contributed by atoms with E-state index in [1.54, 1.807) is 0 Å². The fourth-order valence-electron chi connectivity index (χ4n) is 1.26. The molecule has 0 aliphatic carbocycles. The monoisotopic (exact) mass is 307 g/mol. The van der Waals surface area contributed by atoms with Crippen molar-refractivity contribution in [2.24, 2.45) is 0 Å². The van der Waals surface area contributed by atoms with Gasteiger partial charge in [-0.25, -0.2) is 4.98 Å². The van der Waals surface area contributed by atoms with Gasteiger partial charge in [-0.3, -0.25) is 4.79 Å². The van der Waals surface area contributed by atoms with Gasteiger partial charge in [0.2, 0.25) is 0 Å². The van der Waals surface area contributed by atoms with Crippen molar-refractivity contribution < 1.29 is 35.9 Å². The molecule has 0 aliphatic rings. The first-order chi connectivity index (χ1) is 8.58. The zero-order valence-electron chi connectivity index (χ0n) is 8.77. The molecule has 0 aliphatic heterocycles. The van der Waals surface area contributed by atoms with Crippen LogP contribution in [0.25, 0.3) is 0 Å². The van der Waals surface area contributed by atoms with Gasteiger partial charge in [-0.1, -0.05) is 0 Å². The van der Waals surface area contributed by atoms with Crippen LogP contribution < -0.4 is 4.74 Å². The molecule has 1 aromatic heterocycles. The van der Waals surface area contributed by atoms with Gasteiger partial charge in [0.1, 0.15) is 17.0 Å². The number of aldehydes is 1. The maximum Gasteiger partial charge on any atom is 0.573 e. The van der Waals surface area contributed by atoms with E-state index >= 15 is 0 Å². The minimum atomic E-state index is -5.34. The van der Waals surface area contributed by atoms with Crippen molar-refractivity contribution in [2.45, 2.75) is 18.4 Å². The Morgan fingerprint density at radius 3 is 2.21 bits per heavy atom. The van der Waals surface area contributed by atoms with E-state index in [1.165, 1.54) is 0 Å². The lowest BCUT2D eigenvalue weighted by molar-refractivity contribution is -0.276. The van der Waals surface area contributed by atoms with Crippen LogP contribution in [0.4, 0.5) is 26.3 Å². The van der Waals surface area contributed by atoms with Crippen LogP contribution in [-0.4, -0.2) is 17.6 Å². The zero-order chi connectivity index (χ0) is 14.8. The molecule has 0 bridgehead atoms. The molecule has 1 aromatic rings. The Labute approximate surface area is 107 Å². The molecule has 0 aromatic carbocycles. The number of rotatable bonds is 3. The van der Waals surface area contributed by atoms with Crippen LogP contribution in [0.1, 0.15) is 21.7 Å². The van der Waals surface area contributed by atoms with Crippen molar-refractivity contribution in [3.8, 4) is 5.75 Å². The van der Waals surface area contributed by atoms with Crippen LogP contribution >= 0.6 is 11.6 Å². The number of hydrogen-bond acceptors (Lipinski definition) is 3. The van der Waals surface area contributed by atoms with Crippen LogP contribution in [0.2, 0.25) is 0 Å². The summed E-state index contributed by atoms with van der Waals surface area (Å²) in [6, 6.07) is 0.249. The molecule has 0 unspecified atom stereocenters. The van der Waals surface area contributed by atoms with Gasteiger partial charge in [0.25, 0.3) is 0 Å². The van der Waals surface area contributed by atoms with Gasteiger partial charge in [-0.2, -0.15) is 13.2 Å². The Kier molecular flexibility index (Phi) is 4.28. The number of halogens is 7. The highest BCUT2D eigenvalue weighted by Crippen LogP contribution is 2.40. The molecule has 0 saturated carbocycles. The van der Waals surface area contributed by atoms with Crippen LogP contribution in [0.15, 0.2) is 6.07 Å². The molecule has 0 N–H and O–H groups in total. The number of carbonyl (C=O) groups is 1. The molecule has 0 atom stereocenters. The van der Waals surface area contributed by atoms with Gasteiger partial charge in [0.05, 0.1) is 11.6 Å². The molecular formula is C9H4ClF6NO2. The minimum absolute atomic E-state index is 0.0144. The van der Waals surface area contributed by atoms with Crippen molar-refractivity contribution >= 4 is 17.9 Å². The molecule has 19 heavy (non-hydrogen) atoms. The zero-order valence-corrected chi connectivity index (χ0v) is 9.53. The van der Waals surface area contributed by atoms with Gasteiger partial charge >= 0.3 is 12.5 Å². The highest BCUT2D eigenvalue weighted by Gasteiger charge is 2.42. The Balaban J connectivity index is 3.51. The van der Waals surface area contributed by atoms with Crippen LogP contribution in [0.3, 0.4) is 0 Å². The average molecular weight is 308 g/mol. The highest BCUT2D eigenvalue weighted by molar-refractivity contribution is 6.17. The van der Waals surface area contributed by atoms with Gasteiger partial charge in [0, 0.05) is 6.07 Å². The lowest BCUT2D eigenvalue weighted by Crippen LogP contribution is -2.22. The first kappa shape index (κ1) is 15.5. The third-order valence-electron chi connectivity index (χ3n) is 1.83. The minimum Gasteiger partial charge on any atom is -0.405 e. The molecule has 0 amide bonds. The fourth-order valence-corrected chi connectivity index (χ4v) is 1.45. The molecule has 0 saturated heterocycles. The van der Waals surface area contributed by atoms with Crippen molar-refractivity contribution in [1.29, 1.82) is 0 Å². The van der Waals surface area contributed by atoms with E-state index in [4.69, 9.17) is 11.6 Å². The van der Waals surface area contributed by atoms with E-state index in [0.29, 0.717) is 0 Å². The summed E-state index contributed by atoms with van der Waals surface area (Å²) in [4.78, 5) is 13.6. The Morgan fingerprint density at radius 1 is 1.26 bits per heavy atom. The van der Waals surface area contributed by atoms with Gasteiger partial charge < -0.3 is 4.74 Å². The normalized spacial score (nSPS) is 12.4. The number of pyridine rings is 1. The second-order valence-electron chi connectivity index (χ2n) is 3.16. The van der Waals surface area contributed by atoms with Crippen LogP contribution in [0.5, 0.6) is 5.75 Å². The Hall–Kier alpha value is -1.51. The lowest BCUT2D eigenvalue weighted by Gasteiger charge is -2.17. The third-order valence-corrected chi connectivity index (χ3v) is 2.09. The summed E-state index contributed by atoms with van der Waals surface area (Å²) in [6.45, 7) is 0. The standard InChI is InChI=1S/C9H4ClF6NO2/c10-2-5-7(8(11,12)13)6(19-9(14,15)16)1-4(3-18)17-5/h1,3H,2H2. The summed E-state index contributed by atoms with van der Waals surface area (Å²) in [5, 5.41) is 0. The maximum atomic E-state index is 12.7. The highest BCUT2D eigenvalue weighted by atomic mass is 35.5. The molecule has 0 spiro atoms. The van der Waals surface area contributed by atoms with Crippen molar-refractivity contribution in [3.05, 3.63) is 23.0 Å². The molecular weight excluding hydrogens is 304 g/mol. The van der Waals surface area contributed by atoms with Crippen LogP contribution in [-0.2, 0) is 12.1 Å². The molecule has 106 valence electrons. The van der Waals surface area contributed by atoms with E-state index in [2.05, 4.69) is 9.72 Å². The summed E-state index contributed by atoms with van der Waals surface area (Å²) in [5.74, 6) is -2.39. The number of nitrogens with zero attached hydrogens (tertiary/aromatic N) is 1. The van der Waals surface area contributed by atoms with Gasteiger partial charge in [0.15, 0.2) is 6.29 Å². The summed E-state index contributed by atoms with van der Waals surface area (Å²) >= 11 is 5.20. The van der Waals surface area contributed by atoms with E-state index in [1.807, 2.05) is 0 Å². The van der Waals surface area contributed by atoms with Crippen molar-refractivity contribution in [1.82, 2.24) is 4.98 Å². The number of carbonyl (C=O) groups excluding carboxylic acids is 1. The van der Waals surface area contributed by atoms with Crippen molar-refractivity contribution in [3.63, 3.8) is 0 Å². The fraction of sp³-hybridized carbons (Fsp3) is 0.333. The summed E-state index contributed by atoms with van der Waals surface area (Å²) < 4.78 is 77.4. The lowest BCUT2D eigenvalue weighted by atomic mass is 10.1. The Bertz CT molecular complexity index is 485. The van der Waals surface area contributed by atoms with E-state index in [9.17, 15) is 31.1 Å². The first-order valence-electron chi connectivity index (χ1n) is 4.46. The number of hydrogen-bond donors (Lipinski definition) is 0. The predicted octanol–water partition coefficient (Wildman–Crippen LogP) is 3.55. The molecule has 1 rings (SSSR count). The van der Waals surface area contributed by atoms with E-state index in [0.717, 1.165) is 0 Å². The number of aromatic nitrogens is 1. The quantitative estimate of drug-likeness (QED) is 0.487. The average Bonchev–Trinajstić information content (AvgIpc) is 2.23. The second kappa shape index (κ2) is 5.24. The van der Waals surface area contributed by atoms with Gasteiger partial charge in [-0.05, 0) is 0 Å². The SMILES string of the molecule is O=Cc1cc(OC(F)(F)F)c(C(F)(F)F)c(CCl)n1.